The van der Waals surface area contributed by atoms with Crippen molar-refractivity contribution in [1.29, 1.82) is 0 Å². The quantitative estimate of drug-likeness (QED) is 0.335. The summed E-state index contributed by atoms with van der Waals surface area (Å²) in [5, 5.41) is 6.44. The second kappa shape index (κ2) is 10.9. The van der Waals surface area contributed by atoms with Crippen LogP contribution >= 0.6 is 17.2 Å². The van der Waals surface area contributed by atoms with Gasteiger partial charge in [-0.25, -0.2) is 0 Å². The zero-order chi connectivity index (χ0) is 22.0. The van der Waals surface area contributed by atoms with Crippen molar-refractivity contribution in [2.45, 2.75) is 25.7 Å². The van der Waals surface area contributed by atoms with E-state index in [-0.39, 0.29) is 5.91 Å². The predicted molar refractivity (Wildman–Crippen MR) is 136 cm³/mol. The van der Waals surface area contributed by atoms with E-state index < -0.39 is 5.96 Å². The van der Waals surface area contributed by atoms with Crippen LogP contribution in [0.1, 0.15) is 25.7 Å². The van der Waals surface area contributed by atoms with Crippen molar-refractivity contribution in [2.75, 3.05) is 19.3 Å². The number of benzene rings is 3. The minimum absolute atomic E-state index is 0.0856. The van der Waals surface area contributed by atoms with Crippen molar-refractivity contribution < 1.29 is 4.79 Å². The molecule has 31 heavy (non-hydrogen) atoms. The summed E-state index contributed by atoms with van der Waals surface area (Å²) in [6.07, 6.45) is 3.78. The van der Waals surface area contributed by atoms with E-state index in [1.807, 2.05) is 18.2 Å². The van der Waals surface area contributed by atoms with Crippen LogP contribution in [-0.2, 0) is 4.79 Å². The van der Waals surface area contributed by atoms with Crippen molar-refractivity contribution in [3.63, 3.8) is 0 Å². The van der Waals surface area contributed by atoms with Gasteiger partial charge in [0.15, 0.2) is 0 Å². The van der Waals surface area contributed by atoms with Gasteiger partial charge in [-0.1, -0.05) is 0 Å². The molecule has 0 radical (unpaired) electrons. The Labute approximate surface area is 190 Å². The molecule has 0 bridgehead atoms. The van der Waals surface area contributed by atoms with Gasteiger partial charge in [-0.3, -0.25) is 0 Å². The number of nitrogens with one attached hydrogen (secondary N) is 1. The fraction of sp³-hybridized carbons (Fsp3) is 0.269. The van der Waals surface area contributed by atoms with Gasteiger partial charge in [0.1, 0.15) is 0 Å². The van der Waals surface area contributed by atoms with Gasteiger partial charge in [-0.15, -0.1) is 0 Å². The van der Waals surface area contributed by atoms with Crippen LogP contribution in [0.3, 0.4) is 0 Å². The van der Waals surface area contributed by atoms with Crippen LogP contribution in [-0.4, -0.2) is 25.2 Å². The van der Waals surface area contributed by atoms with Gasteiger partial charge in [-0.2, -0.15) is 0 Å². The number of hydrogen-bond acceptors (Lipinski definition) is 2. The normalized spacial score (nSPS) is 12.6. The Morgan fingerprint density at radius 3 is 1.61 bits per heavy atom. The molecule has 3 aromatic rings. The Hall–Kier alpha value is -2.19. The first-order chi connectivity index (χ1) is 15.1. The first-order valence-electron chi connectivity index (χ1n) is 11.0. The van der Waals surface area contributed by atoms with E-state index in [4.69, 9.17) is 17.0 Å². The maximum absolute atomic E-state index is 12.2. The fourth-order valence-electron chi connectivity index (χ4n) is 4.16. The summed E-state index contributed by atoms with van der Waals surface area (Å²) >= 11 is 8.01. The third-order valence-electron chi connectivity index (χ3n) is 5.82. The Kier molecular flexibility index (Phi) is 8.26. The fourth-order valence-corrected chi connectivity index (χ4v) is 10.4. The van der Waals surface area contributed by atoms with Crippen LogP contribution in [0.25, 0.3) is 0 Å². The monoisotopic (exact) mass is 454 g/mol. The van der Waals surface area contributed by atoms with Crippen LogP contribution < -0.4 is 27.0 Å². The van der Waals surface area contributed by atoms with Crippen molar-refractivity contribution in [3.8, 4) is 0 Å². The second-order valence-corrected chi connectivity index (χ2v) is 14.5. The summed E-state index contributed by atoms with van der Waals surface area (Å²) in [4.78, 5) is 12.2. The number of carbonyl (C=O) groups excluding carboxylic acids is 1. The summed E-state index contributed by atoms with van der Waals surface area (Å²) in [6.45, 7) is 1.23. The minimum atomic E-state index is -3.22. The molecule has 0 aliphatic carbocycles. The molecule has 0 aliphatic rings. The molecule has 0 saturated carbocycles. The number of hydrogen-bond donors (Lipinski definition) is 2. The van der Waals surface area contributed by atoms with Crippen LogP contribution in [0, 0.1) is 0 Å². The van der Waals surface area contributed by atoms with E-state index >= 15 is 0 Å². The molecule has 3 N–H and O–H groups in total. The molecule has 0 aliphatic heterocycles. The zero-order valence-corrected chi connectivity index (χ0v) is 19.6. The van der Waals surface area contributed by atoms with Crippen LogP contribution in [0.2, 0.25) is 0 Å². The molecule has 3 nitrogen and oxygen atoms in total. The Bertz CT molecular complexity index is 851. The summed E-state index contributed by atoms with van der Waals surface area (Å²) < 4.78 is 0. The third kappa shape index (κ3) is 5.18. The molecule has 0 saturated heterocycles. The van der Waals surface area contributed by atoms with Crippen molar-refractivity contribution in [1.82, 2.24) is 5.32 Å². The molecule has 1 amide bonds. The van der Waals surface area contributed by atoms with E-state index in [2.05, 4.69) is 78.1 Å². The zero-order valence-electron chi connectivity index (χ0n) is 17.9. The number of halogens is 1. The van der Waals surface area contributed by atoms with Gasteiger partial charge >= 0.3 is 191 Å². The number of rotatable bonds is 11. The van der Waals surface area contributed by atoms with E-state index in [1.54, 1.807) is 0 Å². The molecule has 164 valence electrons. The summed E-state index contributed by atoms with van der Waals surface area (Å²) in [5.41, 5.74) is 5.50. The molecule has 0 fully saturated rings. The second-order valence-electron chi connectivity index (χ2n) is 7.86. The van der Waals surface area contributed by atoms with Crippen molar-refractivity contribution in [2.24, 2.45) is 5.73 Å². The Morgan fingerprint density at radius 1 is 0.742 bits per heavy atom. The SMILES string of the molecule is NCCCNC(=O)CCCCP(Cl)(c1ccccc1)(c1ccccc1)c1ccccc1. The molecule has 3 rings (SSSR count). The molecular formula is C26H32ClN2OP. The molecule has 5 heteroatoms. The van der Waals surface area contributed by atoms with E-state index in [9.17, 15) is 4.79 Å². The van der Waals surface area contributed by atoms with Crippen LogP contribution in [0.5, 0.6) is 0 Å². The molecule has 0 aromatic heterocycles. The van der Waals surface area contributed by atoms with E-state index in [0.29, 0.717) is 19.5 Å². The summed E-state index contributed by atoms with van der Waals surface area (Å²) in [7, 11) is 0. The van der Waals surface area contributed by atoms with Gasteiger partial charge in [0, 0.05) is 0 Å². The van der Waals surface area contributed by atoms with Gasteiger partial charge in [0.05, 0.1) is 0 Å². The van der Waals surface area contributed by atoms with Crippen LogP contribution in [0.4, 0.5) is 0 Å². The van der Waals surface area contributed by atoms with E-state index in [1.165, 1.54) is 15.9 Å². The number of amides is 1. The van der Waals surface area contributed by atoms with Gasteiger partial charge in [0.2, 0.25) is 0 Å². The van der Waals surface area contributed by atoms with Gasteiger partial charge in [-0.05, 0) is 0 Å². The molecule has 0 atom stereocenters. The van der Waals surface area contributed by atoms with E-state index in [0.717, 1.165) is 25.4 Å². The first kappa shape index (κ1) is 23.5. The molecule has 0 spiro atoms. The number of nitrogens with two attached hydrogens (primary N) is 1. The van der Waals surface area contributed by atoms with Gasteiger partial charge < -0.3 is 0 Å². The molecule has 0 heterocycles. The summed E-state index contributed by atoms with van der Waals surface area (Å²) in [5.74, 6) is -3.13. The Morgan fingerprint density at radius 2 is 1.19 bits per heavy atom. The topological polar surface area (TPSA) is 55.1 Å². The predicted octanol–water partition coefficient (Wildman–Crippen LogP) is 4.31. The third-order valence-corrected chi connectivity index (χ3v) is 13.4. The molecule has 0 unspecified atom stereocenters. The maximum atomic E-state index is 12.2. The number of unbranched alkanes of at least 4 members (excludes halogenated alkanes) is 1. The van der Waals surface area contributed by atoms with Crippen LogP contribution in [0.15, 0.2) is 91.0 Å². The Balaban J connectivity index is 1.94. The standard InChI is InChI=1S/C26H32ClN2OP/c27-31(23-13-4-1-5-14-23,24-15-6-2-7-16-24,25-17-8-3-9-18-25)22-11-10-19-26(30)29-21-12-20-28/h1-9,13-18H,10-12,19-22,28H2,(H,29,30). The average molecular weight is 455 g/mol. The van der Waals surface area contributed by atoms with Crippen molar-refractivity contribution >= 4 is 39.0 Å². The molecular weight excluding hydrogens is 423 g/mol. The van der Waals surface area contributed by atoms with Crippen molar-refractivity contribution in [3.05, 3.63) is 91.0 Å². The van der Waals surface area contributed by atoms with Gasteiger partial charge in [0.25, 0.3) is 0 Å². The first-order valence-corrected chi connectivity index (χ1v) is 14.3. The molecule has 3 aromatic carbocycles. The number of carbonyl (C=O) groups is 1. The average Bonchev–Trinajstić information content (AvgIpc) is 2.84. The summed E-state index contributed by atoms with van der Waals surface area (Å²) in [6, 6.07) is 31.4.